The van der Waals surface area contributed by atoms with Crippen LogP contribution in [0.2, 0.25) is 0 Å². The summed E-state index contributed by atoms with van der Waals surface area (Å²) < 4.78 is 83.6. The largest absolute Gasteiger partial charge is 0.476 e. The van der Waals surface area contributed by atoms with E-state index in [1.807, 2.05) is 0 Å². The zero-order valence-corrected chi connectivity index (χ0v) is 16.8. The fourth-order valence-corrected chi connectivity index (χ4v) is 4.09. The third-order valence-corrected chi connectivity index (χ3v) is 6.64. The fourth-order valence-electron chi connectivity index (χ4n) is 3.57. The van der Waals surface area contributed by atoms with Crippen molar-refractivity contribution < 1.29 is 41.4 Å². The van der Waals surface area contributed by atoms with E-state index < -0.39 is 30.9 Å². The van der Waals surface area contributed by atoms with Gasteiger partial charge in [-0.25, -0.2) is 4.39 Å². The first-order valence-electron chi connectivity index (χ1n) is 9.43. The average Bonchev–Trinajstić information content (AvgIpc) is 2.68. The van der Waals surface area contributed by atoms with E-state index in [0.717, 1.165) is 57.1 Å². The van der Waals surface area contributed by atoms with Gasteiger partial charge in [0.1, 0.15) is 0 Å². The molecule has 1 atom stereocenters. The van der Waals surface area contributed by atoms with Crippen LogP contribution in [0.15, 0.2) is 18.2 Å². The minimum Gasteiger partial charge on any atom is -0.424 e. The Morgan fingerprint density at radius 3 is 2.34 bits per heavy atom. The van der Waals surface area contributed by atoms with Gasteiger partial charge in [0.05, 0.1) is 0 Å². The summed E-state index contributed by atoms with van der Waals surface area (Å²) in [6, 6.07) is 3.09. The Balaban J connectivity index is 2.09. The number of alkyl halides is 4. The molecule has 0 amide bonds. The highest BCUT2D eigenvalue weighted by atomic mass is 31.2. The summed E-state index contributed by atoms with van der Waals surface area (Å²) in [5, 5.41) is 8.52. The molecule has 1 aromatic rings. The molecule has 29 heavy (non-hydrogen) atoms. The van der Waals surface area contributed by atoms with Crippen LogP contribution in [-0.4, -0.2) is 21.9 Å². The summed E-state index contributed by atoms with van der Waals surface area (Å²) in [6.45, 7) is 2.12. The maximum Gasteiger partial charge on any atom is 0.476 e. The predicted octanol–water partition coefficient (Wildman–Crippen LogP) is 6.02. The van der Waals surface area contributed by atoms with Gasteiger partial charge in [-0.3, -0.25) is 4.57 Å². The van der Waals surface area contributed by atoms with Crippen LogP contribution < -0.4 is 9.99 Å². The molecule has 1 unspecified atom stereocenters. The first-order chi connectivity index (χ1) is 13.4. The van der Waals surface area contributed by atoms with E-state index in [1.165, 1.54) is 6.07 Å². The van der Waals surface area contributed by atoms with E-state index in [0.29, 0.717) is 11.5 Å². The molecule has 5 nitrogen and oxygen atoms in total. The van der Waals surface area contributed by atoms with Crippen LogP contribution >= 0.6 is 7.52 Å². The standard InChI is InChI=1S/C18H25F5NO4P/c1-2-3-4-12-5-7-13(8-6-12)14-9-10-16(15(19)11-14)28-17(20,21)18(22,23)29(26,27)24-25/h9-13,25H,2-8H2,1H3,(H2,24,26,27). The normalized spacial score (nSPS) is 22.9. The number of nitrogens with one attached hydrogen (secondary N) is 1. The van der Waals surface area contributed by atoms with Gasteiger partial charge in [-0.05, 0) is 55.2 Å². The van der Waals surface area contributed by atoms with Crippen molar-refractivity contribution in [3.63, 3.8) is 0 Å². The van der Waals surface area contributed by atoms with Crippen molar-refractivity contribution >= 4 is 7.52 Å². The molecule has 2 rings (SSSR count). The number of ether oxygens (including phenoxy) is 1. The van der Waals surface area contributed by atoms with Gasteiger partial charge in [0.2, 0.25) is 0 Å². The van der Waals surface area contributed by atoms with Gasteiger partial charge in [-0.1, -0.05) is 32.3 Å². The predicted molar refractivity (Wildman–Crippen MR) is 95.9 cm³/mol. The Labute approximate surface area is 165 Å². The minimum absolute atomic E-state index is 0.0367. The number of unbranched alkanes of at least 4 members (excludes halogenated alkanes) is 1. The molecule has 0 bridgehead atoms. The monoisotopic (exact) mass is 445 g/mol. The van der Waals surface area contributed by atoms with E-state index in [1.54, 1.807) is 0 Å². The maximum atomic E-state index is 14.2. The highest BCUT2D eigenvalue weighted by molar-refractivity contribution is 7.57. The smallest absolute Gasteiger partial charge is 0.424 e. The van der Waals surface area contributed by atoms with Crippen molar-refractivity contribution in [3.8, 4) is 5.75 Å². The Morgan fingerprint density at radius 2 is 1.83 bits per heavy atom. The molecule has 0 radical (unpaired) electrons. The minimum atomic E-state index is -6.22. The molecule has 1 fully saturated rings. The lowest BCUT2D eigenvalue weighted by molar-refractivity contribution is -0.278. The fraction of sp³-hybridized carbons (Fsp3) is 0.667. The van der Waals surface area contributed by atoms with Crippen LogP contribution in [0, 0.1) is 11.7 Å². The van der Waals surface area contributed by atoms with Crippen LogP contribution in [0.3, 0.4) is 0 Å². The summed E-state index contributed by atoms with van der Waals surface area (Å²) in [5.74, 6) is -1.81. The lowest BCUT2D eigenvalue weighted by atomic mass is 9.77. The van der Waals surface area contributed by atoms with Crippen molar-refractivity contribution in [1.82, 2.24) is 5.25 Å². The second-order valence-corrected chi connectivity index (χ2v) is 9.30. The first kappa shape index (κ1) is 24.1. The first-order valence-corrected chi connectivity index (χ1v) is 11.1. The number of hydrogen-bond donors (Lipinski definition) is 3. The Hall–Kier alpha value is -1.22. The van der Waals surface area contributed by atoms with Gasteiger partial charge in [0, 0.05) is 0 Å². The summed E-state index contributed by atoms with van der Waals surface area (Å²) >= 11 is 0. The highest BCUT2D eigenvalue weighted by Gasteiger charge is 2.71. The molecule has 1 saturated carbocycles. The van der Waals surface area contributed by atoms with Gasteiger partial charge in [0.15, 0.2) is 11.6 Å². The zero-order chi connectivity index (χ0) is 21.9. The third kappa shape index (κ3) is 5.29. The highest BCUT2D eigenvalue weighted by Crippen LogP contribution is 2.60. The van der Waals surface area contributed by atoms with E-state index in [4.69, 9.17) is 10.1 Å². The van der Waals surface area contributed by atoms with Crippen molar-refractivity contribution in [2.75, 3.05) is 0 Å². The average molecular weight is 445 g/mol. The van der Waals surface area contributed by atoms with E-state index in [9.17, 15) is 26.5 Å². The number of hydrogen-bond acceptors (Lipinski definition) is 3. The van der Waals surface area contributed by atoms with Gasteiger partial charge in [0.25, 0.3) is 0 Å². The summed E-state index contributed by atoms with van der Waals surface area (Å²) in [5.41, 5.74) is -5.14. The molecule has 0 aromatic heterocycles. The van der Waals surface area contributed by atoms with Crippen molar-refractivity contribution in [1.29, 1.82) is 0 Å². The lowest BCUT2D eigenvalue weighted by Crippen LogP contribution is -2.47. The van der Waals surface area contributed by atoms with Gasteiger partial charge >= 0.3 is 19.3 Å². The molecule has 3 N–H and O–H groups in total. The second-order valence-electron chi connectivity index (χ2n) is 7.39. The summed E-state index contributed by atoms with van der Waals surface area (Å²) in [7, 11) is -6.22. The molecule has 1 aromatic carbocycles. The van der Waals surface area contributed by atoms with E-state index in [-0.39, 0.29) is 11.2 Å². The molecule has 0 spiro atoms. The number of halogens is 5. The molecular weight excluding hydrogens is 420 g/mol. The zero-order valence-electron chi connectivity index (χ0n) is 15.9. The topological polar surface area (TPSA) is 78.8 Å². The number of rotatable bonds is 9. The Morgan fingerprint density at radius 1 is 1.21 bits per heavy atom. The van der Waals surface area contributed by atoms with Gasteiger partial charge < -0.3 is 14.8 Å². The Bertz CT molecular complexity index is 741. The molecule has 166 valence electrons. The molecule has 11 heteroatoms. The van der Waals surface area contributed by atoms with Crippen LogP contribution in [0.25, 0.3) is 0 Å². The van der Waals surface area contributed by atoms with Crippen LogP contribution in [0.5, 0.6) is 5.75 Å². The van der Waals surface area contributed by atoms with E-state index >= 15 is 0 Å². The van der Waals surface area contributed by atoms with E-state index in [2.05, 4.69) is 11.7 Å². The molecule has 1 aliphatic rings. The van der Waals surface area contributed by atoms with Crippen LogP contribution in [0.1, 0.15) is 63.4 Å². The number of benzene rings is 1. The molecule has 1 aliphatic carbocycles. The summed E-state index contributed by atoms with van der Waals surface area (Å²) in [4.78, 5) is 8.81. The molecule has 0 aliphatic heterocycles. The van der Waals surface area contributed by atoms with Gasteiger partial charge in [-0.15, -0.1) is 5.25 Å². The maximum absolute atomic E-state index is 14.2. The third-order valence-electron chi connectivity index (χ3n) is 5.34. The molecule has 0 heterocycles. The Kier molecular flexibility index (Phi) is 7.70. The van der Waals surface area contributed by atoms with Crippen molar-refractivity contribution in [2.24, 2.45) is 5.92 Å². The van der Waals surface area contributed by atoms with Gasteiger partial charge in [-0.2, -0.15) is 17.6 Å². The molecular formula is C18H25F5NO4P. The molecule has 0 saturated heterocycles. The van der Waals surface area contributed by atoms with Crippen LogP contribution in [-0.2, 0) is 4.57 Å². The van der Waals surface area contributed by atoms with Crippen molar-refractivity contribution in [3.05, 3.63) is 29.6 Å². The second kappa shape index (κ2) is 9.29. The van der Waals surface area contributed by atoms with Crippen molar-refractivity contribution in [2.45, 2.75) is 69.6 Å². The SMILES string of the molecule is CCCCC1CCC(c2ccc(OC(F)(F)C(F)(F)P(=O)(O)NO)c(F)c2)CC1. The quantitative estimate of drug-likeness (QED) is 0.246. The lowest BCUT2D eigenvalue weighted by Gasteiger charge is -2.30. The summed E-state index contributed by atoms with van der Waals surface area (Å²) in [6.07, 6.45) is 1.47. The van der Waals surface area contributed by atoms with Crippen LogP contribution in [0.4, 0.5) is 22.0 Å².